The van der Waals surface area contributed by atoms with Gasteiger partial charge in [0.2, 0.25) is 5.91 Å². The normalized spacial score (nSPS) is 13.0. The van der Waals surface area contributed by atoms with E-state index in [-0.39, 0.29) is 5.56 Å². The van der Waals surface area contributed by atoms with Crippen LogP contribution in [0, 0.1) is 11.6 Å². The van der Waals surface area contributed by atoms with Crippen molar-refractivity contribution in [2.45, 2.75) is 19.0 Å². The van der Waals surface area contributed by atoms with Crippen molar-refractivity contribution in [3.05, 3.63) is 71.3 Å². The van der Waals surface area contributed by atoms with Crippen LogP contribution in [0.25, 0.3) is 0 Å². The second kappa shape index (κ2) is 8.34. The lowest BCUT2D eigenvalue weighted by Crippen LogP contribution is -2.44. The topological polar surface area (TPSA) is 70.2 Å². The van der Waals surface area contributed by atoms with Crippen molar-refractivity contribution in [2.24, 2.45) is 0 Å². The molecule has 132 valence electrons. The molecule has 0 bridgehead atoms. The van der Waals surface area contributed by atoms with Crippen molar-refractivity contribution < 1.29 is 18.4 Å². The summed E-state index contributed by atoms with van der Waals surface area (Å²) in [6.45, 7) is 1.65. The number of imide groups is 1. The first-order valence-electron chi connectivity index (χ1n) is 7.71. The molecule has 2 atom stereocenters. The summed E-state index contributed by atoms with van der Waals surface area (Å²) in [5.74, 6) is -1.97. The summed E-state index contributed by atoms with van der Waals surface area (Å²) in [6, 6.07) is 9.85. The van der Waals surface area contributed by atoms with Gasteiger partial charge in [0.15, 0.2) is 0 Å². The molecule has 0 heterocycles. The molecule has 0 fully saturated rings. The highest BCUT2D eigenvalue weighted by Gasteiger charge is 2.25. The van der Waals surface area contributed by atoms with E-state index in [1.54, 1.807) is 37.3 Å². The number of hydrogen-bond acceptors (Lipinski definition) is 3. The zero-order valence-corrected chi connectivity index (χ0v) is 13.8. The first kappa shape index (κ1) is 18.5. The van der Waals surface area contributed by atoms with Gasteiger partial charge in [0.05, 0.1) is 0 Å². The summed E-state index contributed by atoms with van der Waals surface area (Å²) >= 11 is 0. The number of carbonyl (C=O) groups is 2. The fraction of sp³-hybridized carbons (Fsp3) is 0.222. The van der Waals surface area contributed by atoms with Crippen LogP contribution in [0.3, 0.4) is 0 Å². The van der Waals surface area contributed by atoms with Crippen molar-refractivity contribution in [3.63, 3.8) is 0 Å². The largest absolute Gasteiger partial charge is 0.341 e. The van der Waals surface area contributed by atoms with Gasteiger partial charge in [-0.15, -0.1) is 0 Å². The van der Waals surface area contributed by atoms with E-state index in [0.717, 1.165) is 12.1 Å². The number of benzene rings is 2. The summed E-state index contributed by atoms with van der Waals surface area (Å²) in [7, 11) is 1.39. The Balaban J connectivity index is 2.26. The van der Waals surface area contributed by atoms with E-state index < -0.39 is 35.7 Å². The van der Waals surface area contributed by atoms with E-state index in [4.69, 9.17) is 0 Å². The Kier molecular flexibility index (Phi) is 6.19. The molecule has 0 radical (unpaired) electrons. The minimum absolute atomic E-state index is 0.218. The Bertz CT molecular complexity index is 753. The highest BCUT2D eigenvalue weighted by atomic mass is 19.1. The molecule has 0 aliphatic heterocycles. The Morgan fingerprint density at radius 1 is 1.04 bits per heavy atom. The van der Waals surface area contributed by atoms with Crippen molar-refractivity contribution in [3.8, 4) is 0 Å². The summed E-state index contributed by atoms with van der Waals surface area (Å²) in [4.78, 5) is 23.9. The molecular weight excluding hydrogens is 328 g/mol. The van der Waals surface area contributed by atoms with Gasteiger partial charge in [-0.1, -0.05) is 36.4 Å². The molecule has 25 heavy (non-hydrogen) atoms. The number of amides is 3. The molecule has 0 saturated carbocycles. The summed E-state index contributed by atoms with van der Waals surface area (Å²) in [5.41, 5.74) is 0.827. The summed E-state index contributed by atoms with van der Waals surface area (Å²) in [6.07, 6.45) is 0. The van der Waals surface area contributed by atoms with Gasteiger partial charge in [-0.3, -0.25) is 15.4 Å². The van der Waals surface area contributed by atoms with Crippen LogP contribution in [0.4, 0.5) is 13.6 Å². The van der Waals surface area contributed by atoms with E-state index in [0.29, 0.717) is 5.56 Å². The standard InChI is InChI=1S/C18H19F2N3O2/c1-11(14-9-8-13(19)10-15(14)20)22-16(12-6-4-3-5-7-12)17(24)23-18(25)21-2/h3-11,16,22H,1-2H3,(H2,21,23,24,25)/t11-,16-/m0/s1. The van der Waals surface area contributed by atoms with Crippen molar-refractivity contribution in [1.29, 1.82) is 0 Å². The van der Waals surface area contributed by atoms with Gasteiger partial charge in [-0.2, -0.15) is 0 Å². The van der Waals surface area contributed by atoms with Gasteiger partial charge in [0.1, 0.15) is 17.7 Å². The maximum Gasteiger partial charge on any atom is 0.321 e. The molecule has 2 aromatic carbocycles. The van der Waals surface area contributed by atoms with E-state index in [1.165, 1.54) is 13.1 Å². The fourth-order valence-corrected chi connectivity index (χ4v) is 2.41. The number of rotatable bonds is 5. The van der Waals surface area contributed by atoms with Gasteiger partial charge < -0.3 is 5.32 Å². The third kappa shape index (κ3) is 4.84. The molecule has 7 heteroatoms. The number of carbonyl (C=O) groups excluding carboxylic acids is 2. The molecule has 0 aliphatic carbocycles. The quantitative estimate of drug-likeness (QED) is 0.779. The lowest BCUT2D eigenvalue weighted by molar-refractivity contribution is -0.122. The van der Waals surface area contributed by atoms with Crippen molar-refractivity contribution >= 4 is 11.9 Å². The first-order valence-corrected chi connectivity index (χ1v) is 7.71. The predicted octanol–water partition coefficient (Wildman–Crippen LogP) is 2.81. The predicted molar refractivity (Wildman–Crippen MR) is 89.7 cm³/mol. The lowest BCUT2D eigenvalue weighted by atomic mass is 10.0. The fourth-order valence-electron chi connectivity index (χ4n) is 2.41. The molecule has 3 amide bonds. The Labute approximate surface area is 144 Å². The second-order valence-corrected chi connectivity index (χ2v) is 5.47. The lowest BCUT2D eigenvalue weighted by Gasteiger charge is -2.23. The average Bonchev–Trinajstić information content (AvgIpc) is 2.59. The number of halogens is 2. The molecular formula is C18H19F2N3O2. The summed E-state index contributed by atoms with van der Waals surface area (Å²) < 4.78 is 27.1. The van der Waals surface area contributed by atoms with Crippen molar-refractivity contribution in [2.75, 3.05) is 7.05 Å². The number of urea groups is 1. The molecule has 0 spiro atoms. The third-order valence-corrected chi connectivity index (χ3v) is 3.70. The monoisotopic (exact) mass is 347 g/mol. The average molecular weight is 347 g/mol. The number of nitrogens with one attached hydrogen (secondary N) is 3. The van der Waals surface area contributed by atoms with Gasteiger partial charge in [0.25, 0.3) is 0 Å². The van der Waals surface area contributed by atoms with Crippen molar-refractivity contribution in [1.82, 2.24) is 16.0 Å². The maximum atomic E-state index is 14.0. The van der Waals surface area contributed by atoms with Crippen LogP contribution >= 0.6 is 0 Å². The van der Waals surface area contributed by atoms with E-state index in [9.17, 15) is 18.4 Å². The van der Waals surface area contributed by atoms with Gasteiger partial charge >= 0.3 is 6.03 Å². The molecule has 0 saturated heterocycles. The van der Waals surface area contributed by atoms with Crippen LogP contribution in [0.15, 0.2) is 48.5 Å². The third-order valence-electron chi connectivity index (χ3n) is 3.70. The molecule has 0 unspecified atom stereocenters. The first-order chi connectivity index (χ1) is 11.9. The van der Waals surface area contributed by atoms with Crippen LogP contribution in [0.2, 0.25) is 0 Å². The Morgan fingerprint density at radius 2 is 1.72 bits per heavy atom. The van der Waals surface area contributed by atoms with Gasteiger partial charge in [-0.25, -0.2) is 13.6 Å². The second-order valence-electron chi connectivity index (χ2n) is 5.47. The minimum atomic E-state index is -0.891. The van der Waals surface area contributed by atoms with Crippen LogP contribution in [-0.2, 0) is 4.79 Å². The van der Waals surface area contributed by atoms with E-state index in [2.05, 4.69) is 16.0 Å². The van der Waals surface area contributed by atoms with E-state index >= 15 is 0 Å². The van der Waals surface area contributed by atoms with E-state index in [1.807, 2.05) is 0 Å². The van der Waals surface area contributed by atoms with Crippen LogP contribution in [0.5, 0.6) is 0 Å². The molecule has 5 nitrogen and oxygen atoms in total. The highest BCUT2D eigenvalue weighted by molar-refractivity contribution is 5.97. The minimum Gasteiger partial charge on any atom is -0.341 e. The maximum absolute atomic E-state index is 14.0. The molecule has 2 rings (SSSR count). The molecule has 0 aliphatic rings. The zero-order chi connectivity index (χ0) is 18.4. The van der Waals surface area contributed by atoms with Crippen LogP contribution < -0.4 is 16.0 Å². The molecule has 3 N–H and O–H groups in total. The Morgan fingerprint density at radius 3 is 2.32 bits per heavy atom. The van der Waals surface area contributed by atoms with Crippen LogP contribution in [0.1, 0.15) is 30.1 Å². The Hall–Kier alpha value is -2.80. The molecule has 2 aromatic rings. The van der Waals surface area contributed by atoms with Crippen LogP contribution in [-0.4, -0.2) is 19.0 Å². The summed E-state index contributed by atoms with van der Waals surface area (Å²) in [5, 5.41) is 7.49. The zero-order valence-electron chi connectivity index (χ0n) is 13.8. The van der Waals surface area contributed by atoms with Gasteiger partial charge in [0, 0.05) is 24.7 Å². The smallest absolute Gasteiger partial charge is 0.321 e. The number of hydrogen-bond donors (Lipinski definition) is 3. The molecule has 0 aromatic heterocycles. The highest BCUT2D eigenvalue weighted by Crippen LogP contribution is 2.22. The SMILES string of the molecule is CNC(=O)NC(=O)[C@@H](N[C@@H](C)c1ccc(F)cc1F)c1ccccc1. The van der Waals surface area contributed by atoms with Gasteiger partial charge in [-0.05, 0) is 18.6 Å².